The summed E-state index contributed by atoms with van der Waals surface area (Å²) in [7, 11) is 0. The van der Waals surface area contributed by atoms with Gasteiger partial charge in [-0.25, -0.2) is 0 Å². The van der Waals surface area contributed by atoms with Crippen LogP contribution in [0.1, 0.15) is 13.8 Å². The third-order valence-corrected chi connectivity index (χ3v) is 4.67. The molecule has 0 aromatic heterocycles. The van der Waals surface area contributed by atoms with Crippen LogP contribution in [0, 0.1) is 10.8 Å². The molecule has 0 spiro atoms. The molecule has 5 heteroatoms. The summed E-state index contributed by atoms with van der Waals surface area (Å²) in [6.45, 7) is 6.72. The summed E-state index contributed by atoms with van der Waals surface area (Å²) in [5.41, 5.74) is 22.8. The van der Waals surface area contributed by atoms with Crippen molar-refractivity contribution in [2.45, 2.75) is 13.8 Å². The number of rotatable bonds is 8. The molecule has 0 atom stereocenters. The summed E-state index contributed by atoms with van der Waals surface area (Å²) in [6, 6.07) is 0. The van der Waals surface area contributed by atoms with Gasteiger partial charge < -0.3 is 22.9 Å². The fourth-order valence-corrected chi connectivity index (χ4v) is 2.51. The summed E-state index contributed by atoms with van der Waals surface area (Å²) >= 11 is 1.85. The Morgan fingerprint density at radius 2 is 1.00 bits per heavy atom. The van der Waals surface area contributed by atoms with Gasteiger partial charge in [0, 0.05) is 22.3 Å². The van der Waals surface area contributed by atoms with Crippen molar-refractivity contribution in [3.63, 3.8) is 0 Å². The summed E-state index contributed by atoms with van der Waals surface area (Å²) in [5.74, 6) is 1.94. The van der Waals surface area contributed by atoms with E-state index in [0.29, 0.717) is 26.2 Å². The van der Waals surface area contributed by atoms with Gasteiger partial charge in [-0.2, -0.15) is 11.8 Å². The van der Waals surface area contributed by atoms with E-state index in [-0.39, 0.29) is 10.8 Å². The average molecular weight is 234 g/mol. The van der Waals surface area contributed by atoms with Crippen LogP contribution in [0.15, 0.2) is 0 Å². The Hall–Kier alpha value is 0.190. The minimum atomic E-state index is 0.0365. The summed E-state index contributed by atoms with van der Waals surface area (Å²) < 4.78 is 0. The molecule has 0 aromatic rings. The highest BCUT2D eigenvalue weighted by atomic mass is 32.2. The van der Waals surface area contributed by atoms with E-state index < -0.39 is 0 Å². The molecule has 0 aliphatic carbocycles. The van der Waals surface area contributed by atoms with Crippen molar-refractivity contribution < 1.29 is 0 Å². The highest BCUT2D eigenvalue weighted by molar-refractivity contribution is 7.99. The van der Waals surface area contributed by atoms with Gasteiger partial charge in [-0.3, -0.25) is 0 Å². The standard InChI is InChI=1S/C10H26N4S/c1-9(3-11,4-12)7-15-8-10(2,5-13)6-14/h3-8,11-14H2,1-2H3. The largest absolute Gasteiger partial charge is 0.330 e. The number of nitrogens with two attached hydrogens (primary N) is 4. The molecule has 92 valence electrons. The lowest BCUT2D eigenvalue weighted by molar-refractivity contribution is 0.390. The van der Waals surface area contributed by atoms with Gasteiger partial charge in [-0.05, 0) is 26.2 Å². The Bertz CT molecular complexity index is 149. The fourth-order valence-electron chi connectivity index (χ4n) is 0.946. The van der Waals surface area contributed by atoms with Crippen molar-refractivity contribution in [2.24, 2.45) is 33.8 Å². The van der Waals surface area contributed by atoms with Crippen LogP contribution in [0.3, 0.4) is 0 Å². The molecular weight excluding hydrogens is 208 g/mol. The molecule has 0 aliphatic rings. The van der Waals surface area contributed by atoms with E-state index in [9.17, 15) is 0 Å². The lowest BCUT2D eigenvalue weighted by Gasteiger charge is -2.30. The Labute approximate surface area is 97.5 Å². The fraction of sp³-hybridized carbons (Fsp3) is 1.00. The molecule has 8 N–H and O–H groups in total. The summed E-state index contributed by atoms with van der Waals surface area (Å²) in [6.07, 6.45) is 0. The van der Waals surface area contributed by atoms with Crippen LogP contribution in [0.4, 0.5) is 0 Å². The maximum absolute atomic E-state index is 5.69. The van der Waals surface area contributed by atoms with Crippen molar-refractivity contribution in [1.82, 2.24) is 0 Å². The van der Waals surface area contributed by atoms with E-state index in [1.54, 1.807) is 0 Å². The third kappa shape index (κ3) is 5.17. The van der Waals surface area contributed by atoms with E-state index in [2.05, 4.69) is 13.8 Å². The first-order chi connectivity index (χ1) is 6.95. The highest BCUT2D eigenvalue weighted by Gasteiger charge is 2.24. The molecule has 0 aromatic carbocycles. The van der Waals surface area contributed by atoms with E-state index >= 15 is 0 Å². The monoisotopic (exact) mass is 234 g/mol. The van der Waals surface area contributed by atoms with Gasteiger partial charge >= 0.3 is 0 Å². The molecule has 0 radical (unpaired) electrons. The molecule has 15 heavy (non-hydrogen) atoms. The van der Waals surface area contributed by atoms with Gasteiger partial charge in [0.05, 0.1) is 0 Å². The molecule has 0 fully saturated rings. The van der Waals surface area contributed by atoms with Crippen LogP contribution in [0.25, 0.3) is 0 Å². The Morgan fingerprint density at radius 3 is 1.20 bits per heavy atom. The summed E-state index contributed by atoms with van der Waals surface area (Å²) in [4.78, 5) is 0. The van der Waals surface area contributed by atoms with Crippen molar-refractivity contribution >= 4 is 11.8 Å². The van der Waals surface area contributed by atoms with E-state index in [1.807, 2.05) is 11.8 Å². The number of thioether (sulfide) groups is 1. The molecule has 4 nitrogen and oxygen atoms in total. The minimum absolute atomic E-state index is 0.0365. The smallest absolute Gasteiger partial charge is 0.00110 e. The molecule has 0 bridgehead atoms. The molecule has 0 saturated heterocycles. The molecule has 0 saturated carbocycles. The molecule has 0 unspecified atom stereocenters. The molecule has 0 aliphatic heterocycles. The van der Waals surface area contributed by atoms with Crippen LogP contribution in [0.2, 0.25) is 0 Å². The number of hydrogen-bond donors (Lipinski definition) is 4. The van der Waals surface area contributed by atoms with Gasteiger partial charge in [-0.15, -0.1) is 0 Å². The second-order valence-electron chi connectivity index (χ2n) is 4.93. The normalized spacial score (nSPS) is 13.2. The van der Waals surface area contributed by atoms with Crippen molar-refractivity contribution in [2.75, 3.05) is 37.7 Å². The van der Waals surface area contributed by atoms with Crippen LogP contribution >= 0.6 is 11.8 Å². The molecule has 0 heterocycles. The average Bonchev–Trinajstić information content (AvgIpc) is 2.28. The number of hydrogen-bond acceptors (Lipinski definition) is 5. The van der Waals surface area contributed by atoms with Gasteiger partial charge in [0.25, 0.3) is 0 Å². The van der Waals surface area contributed by atoms with Crippen LogP contribution in [-0.4, -0.2) is 37.7 Å². The van der Waals surface area contributed by atoms with Gasteiger partial charge in [0.2, 0.25) is 0 Å². The highest BCUT2D eigenvalue weighted by Crippen LogP contribution is 2.25. The van der Waals surface area contributed by atoms with Crippen molar-refractivity contribution in [3.05, 3.63) is 0 Å². The zero-order chi connectivity index (χ0) is 11.9. The topological polar surface area (TPSA) is 104 Å². The van der Waals surface area contributed by atoms with Crippen LogP contribution in [0.5, 0.6) is 0 Å². The van der Waals surface area contributed by atoms with E-state index in [1.165, 1.54) is 0 Å². The predicted octanol–water partition coefficient (Wildman–Crippen LogP) is -0.433. The molecular formula is C10H26N4S. The summed E-state index contributed by atoms with van der Waals surface area (Å²) in [5, 5.41) is 0. The SMILES string of the molecule is CC(CN)(CN)CSCC(C)(CN)CN. The second kappa shape index (κ2) is 6.70. The Balaban J connectivity index is 3.96. The Morgan fingerprint density at radius 1 is 0.733 bits per heavy atom. The molecule has 0 amide bonds. The van der Waals surface area contributed by atoms with E-state index in [4.69, 9.17) is 22.9 Å². The van der Waals surface area contributed by atoms with Crippen molar-refractivity contribution in [1.29, 1.82) is 0 Å². The van der Waals surface area contributed by atoms with Crippen LogP contribution < -0.4 is 22.9 Å². The zero-order valence-corrected chi connectivity index (χ0v) is 10.8. The first kappa shape index (κ1) is 15.2. The molecule has 0 rings (SSSR count). The Kier molecular flexibility index (Phi) is 6.79. The maximum Gasteiger partial charge on any atom is 0.00110 e. The maximum atomic E-state index is 5.69. The second-order valence-corrected chi connectivity index (χ2v) is 5.92. The first-order valence-corrected chi connectivity index (χ1v) is 6.49. The van der Waals surface area contributed by atoms with Crippen molar-refractivity contribution in [3.8, 4) is 0 Å². The first-order valence-electron chi connectivity index (χ1n) is 5.33. The quantitative estimate of drug-likeness (QED) is 0.456. The zero-order valence-electron chi connectivity index (χ0n) is 9.96. The minimum Gasteiger partial charge on any atom is -0.330 e. The lowest BCUT2D eigenvalue weighted by Crippen LogP contribution is -2.40. The van der Waals surface area contributed by atoms with E-state index in [0.717, 1.165) is 11.5 Å². The van der Waals surface area contributed by atoms with Gasteiger partial charge in [0.1, 0.15) is 0 Å². The van der Waals surface area contributed by atoms with Gasteiger partial charge in [0.15, 0.2) is 0 Å². The van der Waals surface area contributed by atoms with Gasteiger partial charge in [-0.1, -0.05) is 13.8 Å². The lowest BCUT2D eigenvalue weighted by atomic mass is 9.94. The third-order valence-electron chi connectivity index (χ3n) is 2.87. The van der Waals surface area contributed by atoms with Crippen LogP contribution in [-0.2, 0) is 0 Å². The predicted molar refractivity (Wildman–Crippen MR) is 69.8 cm³/mol.